The van der Waals surface area contributed by atoms with Gasteiger partial charge in [-0.1, -0.05) is 19.4 Å². The zero-order chi connectivity index (χ0) is 14.7. The molecule has 0 aromatic heterocycles. The lowest BCUT2D eigenvalue weighted by Crippen LogP contribution is -2.42. The highest BCUT2D eigenvalue weighted by Crippen LogP contribution is 2.33. The summed E-state index contributed by atoms with van der Waals surface area (Å²) in [5.41, 5.74) is 7.68. The number of rotatable bonds is 4. The molecule has 2 N–H and O–H groups in total. The van der Waals surface area contributed by atoms with Gasteiger partial charge in [-0.15, -0.1) is 0 Å². The molecule has 1 saturated heterocycles. The molecule has 0 spiro atoms. The van der Waals surface area contributed by atoms with Crippen molar-refractivity contribution >= 4 is 0 Å². The van der Waals surface area contributed by atoms with Crippen molar-refractivity contribution in [3.8, 4) is 11.5 Å². The number of fused-ring (bicyclic) bond motifs is 1. The van der Waals surface area contributed by atoms with Crippen LogP contribution in [-0.4, -0.2) is 43.8 Å². The standard InChI is InChI=1S/C17H26N2O2/c1-13(15(18)12-19-7-3-2-4-8-19)14-5-6-16-17(11-14)21-10-9-20-16/h5-6,11,13,15H,2-4,7-10,12,18H2,1H3/t13-,15-/m1/s1. The van der Waals surface area contributed by atoms with E-state index in [-0.39, 0.29) is 6.04 Å². The van der Waals surface area contributed by atoms with Crippen LogP contribution >= 0.6 is 0 Å². The van der Waals surface area contributed by atoms with Gasteiger partial charge in [0.2, 0.25) is 0 Å². The molecule has 0 amide bonds. The first kappa shape index (κ1) is 14.7. The van der Waals surface area contributed by atoms with Gasteiger partial charge in [-0.2, -0.15) is 0 Å². The Bertz CT molecular complexity index is 472. The lowest BCUT2D eigenvalue weighted by molar-refractivity contribution is 0.171. The van der Waals surface area contributed by atoms with Crippen LogP contribution < -0.4 is 15.2 Å². The molecule has 2 aliphatic heterocycles. The Labute approximate surface area is 127 Å². The van der Waals surface area contributed by atoms with Gasteiger partial charge < -0.3 is 20.1 Å². The predicted molar refractivity (Wildman–Crippen MR) is 84.1 cm³/mol. The monoisotopic (exact) mass is 290 g/mol. The number of nitrogens with zero attached hydrogens (tertiary/aromatic N) is 1. The molecule has 0 bridgehead atoms. The number of piperidine rings is 1. The van der Waals surface area contributed by atoms with Crippen LogP contribution in [0.15, 0.2) is 18.2 Å². The summed E-state index contributed by atoms with van der Waals surface area (Å²) >= 11 is 0. The molecule has 4 nitrogen and oxygen atoms in total. The van der Waals surface area contributed by atoms with Crippen molar-refractivity contribution in [2.24, 2.45) is 5.73 Å². The summed E-state index contributed by atoms with van der Waals surface area (Å²) in [5.74, 6) is 2.03. The fourth-order valence-electron chi connectivity index (χ4n) is 3.19. The summed E-state index contributed by atoms with van der Waals surface area (Å²) in [6, 6.07) is 6.38. The van der Waals surface area contributed by atoms with Crippen molar-refractivity contribution in [2.45, 2.75) is 38.1 Å². The van der Waals surface area contributed by atoms with Gasteiger partial charge in [0.15, 0.2) is 11.5 Å². The minimum Gasteiger partial charge on any atom is -0.486 e. The molecule has 21 heavy (non-hydrogen) atoms. The molecular weight excluding hydrogens is 264 g/mol. The van der Waals surface area contributed by atoms with Gasteiger partial charge in [-0.3, -0.25) is 0 Å². The Hall–Kier alpha value is -1.26. The summed E-state index contributed by atoms with van der Waals surface area (Å²) < 4.78 is 11.2. The number of hydrogen-bond acceptors (Lipinski definition) is 4. The lowest BCUT2D eigenvalue weighted by Gasteiger charge is -2.31. The smallest absolute Gasteiger partial charge is 0.161 e. The minimum atomic E-state index is 0.158. The molecule has 4 heteroatoms. The van der Waals surface area contributed by atoms with E-state index in [1.165, 1.54) is 37.9 Å². The molecule has 0 saturated carbocycles. The van der Waals surface area contributed by atoms with Crippen molar-refractivity contribution in [2.75, 3.05) is 32.8 Å². The Kier molecular flexibility index (Phi) is 4.66. The van der Waals surface area contributed by atoms with Crippen molar-refractivity contribution in [3.63, 3.8) is 0 Å². The zero-order valence-corrected chi connectivity index (χ0v) is 12.9. The highest BCUT2D eigenvalue weighted by molar-refractivity contribution is 5.45. The fourth-order valence-corrected chi connectivity index (χ4v) is 3.19. The van der Waals surface area contributed by atoms with E-state index in [0.717, 1.165) is 18.0 Å². The Balaban J connectivity index is 1.64. The summed E-state index contributed by atoms with van der Waals surface area (Å²) in [6.07, 6.45) is 3.99. The molecule has 1 aromatic carbocycles. The van der Waals surface area contributed by atoms with Crippen molar-refractivity contribution in [3.05, 3.63) is 23.8 Å². The zero-order valence-electron chi connectivity index (χ0n) is 12.9. The first-order valence-electron chi connectivity index (χ1n) is 8.11. The molecule has 2 atom stereocenters. The van der Waals surface area contributed by atoms with Gasteiger partial charge in [0, 0.05) is 12.6 Å². The van der Waals surface area contributed by atoms with E-state index in [9.17, 15) is 0 Å². The highest BCUT2D eigenvalue weighted by atomic mass is 16.6. The van der Waals surface area contributed by atoms with Crippen LogP contribution in [-0.2, 0) is 0 Å². The van der Waals surface area contributed by atoms with Crippen LogP contribution in [0, 0.1) is 0 Å². The van der Waals surface area contributed by atoms with E-state index >= 15 is 0 Å². The first-order valence-corrected chi connectivity index (χ1v) is 8.11. The molecule has 116 valence electrons. The average molecular weight is 290 g/mol. The van der Waals surface area contributed by atoms with Crippen LogP contribution in [0.2, 0.25) is 0 Å². The molecule has 1 aromatic rings. The normalized spacial score (nSPS) is 21.8. The summed E-state index contributed by atoms with van der Waals surface area (Å²) in [7, 11) is 0. The van der Waals surface area contributed by atoms with Crippen LogP contribution in [0.25, 0.3) is 0 Å². The second-order valence-electron chi connectivity index (χ2n) is 6.22. The third-order valence-corrected chi connectivity index (χ3v) is 4.65. The van der Waals surface area contributed by atoms with Crippen molar-refractivity contribution < 1.29 is 9.47 Å². The Morgan fingerprint density at radius 2 is 1.81 bits per heavy atom. The van der Waals surface area contributed by atoms with Gasteiger partial charge >= 0.3 is 0 Å². The van der Waals surface area contributed by atoms with Gasteiger partial charge in [0.05, 0.1) is 0 Å². The van der Waals surface area contributed by atoms with Gasteiger partial charge in [0.1, 0.15) is 13.2 Å². The molecule has 0 unspecified atom stereocenters. The molecule has 2 heterocycles. The van der Waals surface area contributed by atoms with Crippen LogP contribution in [0.5, 0.6) is 11.5 Å². The van der Waals surface area contributed by atoms with Crippen molar-refractivity contribution in [1.82, 2.24) is 4.90 Å². The second-order valence-corrected chi connectivity index (χ2v) is 6.22. The third-order valence-electron chi connectivity index (χ3n) is 4.65. The van der Waals surface area contributed by atoms with E-state index in [4.69, 9.17) is 15.2 Å². The predicted octanol–water partition coefficient (Wildman–Crippen LogP) is 2.37. The van der Waals surface area contributed by atoms with Crippen LogP contribution in [0.1, 0.15) is 37.7 Å². The van der Waals surface area contributed by atoms with Crippen LogP contribution in [0.4, 0.5) is 0 Å². The largest absolute Gasteiger partial charge is 0.486 e. The second kappa shape index (κ2) is 6.67. The maximum absolute atomic E-state index is 6.44. The minimum absolute atomic E-state index is 0.158. The summed E-state index contributed by atoms with van der Waals surface area (Å²) in [6.45, 7) is 6.85. The van der Waals surface area contributed by atoms with E-state index in [1.807, 2.05) is 6.07 Å². The molecule has 3 rings (SSSR count). The average Bonchev–Trinajstić information content (AvgIpc) is 2.54. The maximum Gasteiger partial charge on any atom is 0.161 e. The summed E-state index contributed by atoms with van der Waals surface area (Å²) in [4.78, 5) is 2.50. The number of ether oxygens (including phenoxy) is 2. The molecule has 0 aliphatic carbocycles. The van der Waals surface area contributed by atoms with Crippen LogP contribution in [0.3, 0.4) is 0 Å². The Morgan fingerprint density at radius 3 is 2.57 bits per heavy atom. The fraction of sp³-hybridized carbons (Fsp3) is 0.647. The van der Waals surface area contributed by atoms with Crippen molar-refractivity contribution in [1.29, 1.82) is 0 Å². The van der Waals surface area contributed by atoms with E-state index in [0.29, 0.717) is 19.1 Å². The quantitative estimate of drug-likeness (QED) is 0.925. The topological polar surface area (TPSA) is 47.7 Å². The third kappa shape index (κ3) is 3.50. The maximum atomic E-state index is 6.44. The SMILES string of the molecule is C[C@H](c1ccc2c(c1)OCCO2)[C@H](N)CN1CCCCC1. The molecule has 2 aliphatic rings. The van der Waals surface area contributed by atoms with E-state index in [2.05, 4.69) is 24.0 Å². The Morgan fingerprint density at radius 1 is 1.10 bits per heavy atom. The van der Waals surface area contributed by atoms with Gasteiger partial charge in [-0.05, 0) is 49.5 Å². The number of hydrogen-bond donors (Lipinski definition) is 1. The van der Waals surface area contributed by atoms with Gasteiger partial charge in [0.25, 0.3) is 0 Å². The van der Waals surface area contributed by atoms with E-state index in [1.54, 1.807) is 0 Å². The van der Waals surface area contributed by atoms with Gasteiger partial charge in [-0.25, -0.2) is 0 Å². The molecule has 1 fully saturated rings. The highest BCUT2D eigenvalue weighted by Gasteiger charge is 2.21. The van der Waals surface area contributed by atoms with E-state index < -0.39 is 0 Å². The first-order chi connectivity index (χ1) is 10.2. The lowest BCUT2D eigenvalue weighted by atomic mass is 9.92. The summed E-state index contributed by atoms with van der Waals surface area (Å²) in [5, 5.41) is 0. The molecular formula is C17H26N2O2. The molecule has 0 radical (unpaired) electrons. The number of nitrogens with two attached hydrogens (primary N) is 1. The number of benzene rings is 1. The number of likely N-dealkylation sites (tertiary alicyclic amines) is 1.